The fourth-order valence-corrected chi connectivity index (χ4v) is 4.82. The van der Waals surface area contributed by atoms with E-state index in [1.807, 2.05) is 10.3 Å². The second-order valence-corrected chi connectivity index (χ2v) is 7.97. The van der Waals surface area contributed by atoms with E-state index in [9.17, 15) is 9.59 Å². The van der Waals surface area contributed by atoms with Crippen molar-refractivity contribution in [3.63, 3.8) is 0 Å². The molecule has 0 radical (unpaired) electrons. The van der Waals surface area contributed by atoms with E-state index in [-0.39, 0.29) is 11.8 Å². The predicted octanol–water partition coefficient (Wildman–Crippen LogP) is 1.77. The van der Waals surface area contributed by atoms with E-state index >= 15 is 0 Å². The highest BCUT2D eigenvalue weighted by atomic mass is 32.1. The highest BCUT2D eigenvalue weighted by molar-refractivity contribution is 7.10. The third-order valence-electron chi connectivity index (χ3n) is 5.18. The quantitative estimate of drug-likeness (QED) is 0.901. The summed E-state index contributed by atoms with van der Waals surface area (Å²) in [5.41, 5.74) is 2.17. The lowest BCUT2D eigenvalue weighted by Gasteiger charge is -2.34. The molecule has 1 aliphatic carbocycles. The number of carbonyl (C=O) groups excluding carboxylic acids is 2. The molecule has 1 fully saturated rings. The third kappa shape index (κ3) is 3.98. The Bertz CT molecular complexity index is 605. The summed E-state index contributed by atoms with van der Waals surface area (Å²) in [4.78, 5) is 29.4. The standard InChI is InChI=1S/C18H27N3O2S/c1-13-3-4-15-16(12-24-17(15)11-13)18(23)19-5-6-20-7-9-21(10-8-20)14(2)22/h12-13H,3-11H2,1-2H3,(H,19,23)/t13-/m1/s1. The summed E-state index contributed by atoms with van der Waals surface area (Å²) in [7, 11) is 0. The predicted molar refractivity (Wildman–Crippen MR) is 96.5 cm³/mol. The van der Waals surface area contributed by atoms with Crippen molar-refractivity contribution in [2.45, 2.75) is 33.1 Å². The van der Waals surface area contributed by atoms with Crippen LogP contribution in [0.1, 0.15) is 41.1 Å². The topological polar surface area (TPSA) is 52.7 Å². The van der Waals surface area contributed by atoms with Gasteiger partial charge in [-0.05, 0) is 30.7 Å². The van der Waals surface area contributed by atoms with Crippen LogP contribution in [0.15, 0.2) is 5.38 Å². The lowest BCUT2D eigenvalue weighted by Crippen LogP contribution is -2.49. The molecule has 1 atom stereocenters. The summed E-state index contributed by atoms with van der Waals surface area (Å²) in [6, 6.07) is 0. The van der Waals surface area contributed by atoms with Gasteiger partial charge in [-0.1, -0.05) is 6.92 Å². The van der Waals surface area contributed by atoms with E-state index in [0.29, 0.717) is 6.54 Å². The Kier molecular flexibility index (Phi) is 5.56. The van der Waals surface area contributed by atoms with Gasteiger partial charge >= 0.3 is 0 Å². The van der Waals surface area contributed by atoms with Crippen molar-refractivity contribution in [1.82, 2.24) is 15.1 Å². The van der Waals surface area contributed by atoms with Crippen LogP contribution in [0, 0.1) is 5.92 Å². The maximum Gasteiger partial charge on any atom is 0.252 e. The number of fused-ring (bicyclic) bond motifs is 1. The van der Waals surface area contributed by atoms with Crippen molar-refractivity contribution >= 4 is 23.2 Å². The molecule has 2 aliphatic rings. The average Bonchev–Trinajstić information content (AvgIpc) is 2.98. The first-order valence-electron chi connectivity index (χ1n) is 8.90. The fraction of sp³-hybridized carbons (Fsp3) is 0.667. The van der Waals surface area contributed by atoms with Crippen LogP contribution >= 0.6 is 11.3 Å². The smallest absolute Gasteiger partial charge is 0.252 e. The van der Waals surface area contributed by atoms with Gasteiger partial charge in [0, 0.05) is 56.4 Å². The fourth-order valence-electron chi connectivity index (χ4n) is 3.58. The average molecular weight is 350 g/mol. The second kappa shape index (κ2) is 7.66. The van der Waals surface area contributed by atoms with Crippen molar-refractivity contribution in [2.75, 3.05) is 39.3 Å². The summed E-state index contributed by atoms with van der Waals surface area (Å²) < 4.78 is 0. The lowest BCUT2D eigenvalue weighted by molar-refractivity contribution is -0.130. The van der Waals surface area contributed by atoms with Crippen LogP contribution in [0.25, 0.3) is 0 Å². The minimum Gasteiger partial charge on any atom is -0.351 e. The van der Waals surface area contributed by atoms with E-state index in [4.69, 9.17) is 0 Å². The first-order chi connectivity index (χ1) is 11.5. The minimum absolute atomic E-state index is 0.0735. The molecule has 1 saturated heterocycles. The second-order valence-electron chi connectivity index (χ2n) is 7.00. The van der Waals surface area contributed by atoms with E-state index in [0.717, 1.165) is 57.0 Å². The van der Waals surface area contributed by atoms with Gasteiger partial charge in [0.25, 0.3) is 5.91 Å². The molecule has 1 aromatic heterocycles. The number of nitrogens with zero attached hydrogens (tertiary/aromatic N) is 2. The third-order valence-corrected chi connectivity index (χ3v) is 6.23. The van der Waals surface area contributed by atoms with Gasteiger partial charge in [-0.15, -0.1) is 11.3 Å². The van der Waals surface area contributed by atoms with Crippen LogP contribution in [0.5, 0.6) is 0 Å². The number of piperazine rings is 1. The Balaban J connectivity index is 1.45. The monoisotopic (exact) mass is 349 g/mol. The molecule has 0 saturated carbocycles. The van der Waals surface area contributed by atoms with Gasteiger partial charge in [0.2, 0.25) is 5.91 Å². The van der Waals surface area contributed by atoms with Gasteiger partial charge in [0.15, 0.2) is 0 Å². The molecule has 0 aromatic carbocycles. The van der Waals surface area contributed by atoms with Gasteiger partial charge in [-0.2, -0.15) is 0 Å². The molecule has 2 heterocycles. The normalized spacial score (nSPS) is 21.4. The molecule has 3 rings (SSSR count). The Morgan fingerprint density at radius 3 is 2.75 bits per heavy atom. The van der Waals surface area contributed by atoms with Crippen LogP contribution in [0.3, 0.4) is 0 Å². The molecule has 1 aromatic rings. The molecule has 24 heavy (non-hydrogen) atoms. The van der Waals surface area contributed by atoms with Gasteiger partial charge in [-0.3, -0.25) is 14.5 Å². The maximum absolute atomic E-state index is 12.5. The number of carbonyl (C=O) groups is 2. The van der Waals surface area contributed by atoms with Crippen LogP contribution in [-0.2, 0) is 17.6 Å². The van der Waals surface area contributed by atoms with Gasteiger partial charge in [0.1, 0.15) is 0 Å². The Morgan fingerprint density at radius 2 is 2.04 bits per heavy atom. The number of hydrogen-bond acceptors (Lipinski definition) is 4. The summed E-state index contributed by atoms with van der Waals surface area (Å²) in [6.07, 6.45) is 3.34. The zero-order valence-electron chi connectivity index (χ0n) is 14.6. The van der Waals surface area contributed by atoms with E-state index in [1.165, 1.54) is 16.9 Å². The number of rotatable bonds is 4. The van der Waals surface area contributed by atoms with Gasteiger partial charge in [-0.25, -0.2) is 0 Å². The summed E-state index contributed by atoms with van der Waals surface area (Å²) >= 11 is 1.74. The lowest BCUT2D eigenvalue weighted by atomic mass is 9.88. The summed E-state index contributed by atoms with van der Waals surface area (Å²) in [5.74, 6) is 0.963. The number of hydrogen-bond donors (Lipinski definition) is 1. The molecule has 6 heteroatoms. The van der Waals surface area contributed by atoms with Crippen LogP contribution in [0.4, 0.5) is 0 Å². The summed E-state index contributed by atoms with van der Waals surface area (Å²) in [6.45, 7) is 8.79. The minimum atomic E-state index is 0.0735. The SMILES string of the molecule is CC(=O)N1CCN(CCNC(=O)c2csc3c2CC[C@@H](C)C3)CC1. The number of nitrogens with one attached hydrogen (secondary N) is 1. The van der Waals surface area contributed by atoms with E-state index in [2.05, 4.69) is 17.1 Å². The summed E-state index contributed by atoms with van der Waals surface area (Å²) in [5, 5.41) is 5.10. The van der Waals surface area contributed by atoms with Gasteiger partial charge in [0.05, 0.1) is 5.56 Å². The number of thiophene rings is 1. The molecule has 5 nitrogen and oxygen atoms in total. The highest BCUT2D eigenvalue weighted by Gasteiger charge is 2.23. The largest absolute Gasteiger partial charge is 0.351 e. The van der Waals surface area contributed by atoms with Crippen LogP contribution in [-0.4, -0.2) is 60.9 Å². The molecule has 0 unspecified atom stereocenters. The van der Waals surface area contributed by atoms with Gasteiger partial charge < -0.3 is 10.2 Å². The van der Waals surface area contributed by atoms with Crippen molar-refractivity contribution in [1.29, 1.82) is 0 Å². The molecule has 1 aliphatic heterocycles. The van der Waals surface area contributed by atoms with Crippen molar-refractivity contribution in [3.05, 3.63) is 21.4 Å². The highest BCUT2D eigenvalue weighted by Crippen LogP contribution is 2.32. The Labute approximate surface area is 148 Å². The first-order valence-corrected chi connectivity index (χ1v) is 9.78. The van der Waals surface area contributed by atoms with Crippen LogP contribution in [0.2, 0.25) is 0 Å². The zero-order chi connectivity index (χ0) is 17.1. The van der Waals surface area contributed by atoms with E-state index in [1.54, 1.807) is 18.3 Å². The number of amides is 2. The Hall–Kier alpha value is -1.40. The molecule has 1 N–H and O–H groups in total. The van der Waals surface area contributed by atoms with Crippen molar-refractivity contribution < 1.29 is 9.59 Å². The molecular weight excluding hydrogens is 322 g/mol. The zero-order valence-corrected chi connectivity index (χ0v) is 15.5. The van der Waals surface area contributed by atoms with Crippen molar-refractivity contribution in [3.8, 4) is 0 Å². The Morgan fingerprint density at radius 1 is 1.29 bits per heavy atom. The molecule has 0 spiro atoms. The molecule has 2 amide bonds. The first kappa shape index (κ1) is 17.4. The van der Waals surface area contributed by atoms with Crippen molar-refractivity contribution in [2.24, 2.45) is 5.92 Å². The molecule has 132 valence electrons. The molecule has 0 bridgehead atoms. The molecular formula is C18H27N3O2S. The van der Waals surface area contributed by atoms with Crippen LogP contribution < -0.4 is 5.32 Å². The van der Waals surface area contributed by atoms with E-state index < -0.39 is 0 Å². The maximum atomic E-state index is 12.5.